The van der Waals surface area contributed by atoms with Crippen molar-refractivity contribution in [1.82, 2.24) is 15.0 Å². The van der Waals surface area contributed by atoms with Gasteiger partial charge in [0.15, 0.2) is 5.69 Å². The molecular formula is C17H11F5N4OS. The van der Waals surface area contributed by atoms with Gasteiger partial charge in [-0.25, -0.2) is 4.68 Å². The molecule has 0 spiro atoms. The third-order valence-corrected chi connectivity index (χ3v) is 4.24. The minimum absolute atomic E-state index is 0.206. The van der Waals surface area contributed by atoms with Gasteiger partial charge in [-0.05, 0) is 36.4 Å². The molecule has 1 amide bonds. The molecule has 5 nitrogen and oxygen atoms in total. The zero-order valence-electron chi connectivity index (χ0n) is 13.8. The maximum absolute atomic E-state index is 13.1. The first kappa shape index (κ1) is 19.8. The first-order chi connectivity index (χ1) is 13.2. The molecular weight excluding hydrogens is 403 g/mol. The zero-order valence-corrected chi connectivity index (χ0v) is 14.6. The summed E-state index contributed by atoms with van der Waals surface area (Å²) in [5.41, 5.74) is -1.08. The molecule has 1 aromatic heterocycles. The Bertz CT molecular complexity index is 972. The van der Waals surface area contributed by atoms with E-state index in [0.717, 1.165) is 16.9 Å². The number of para-hydroxylation sites is 1. The average molecular weight is 414 g/mol. The Labute approximate surface area is 159 Å². The van der Waals surface area contributed by atoms with Gasteiger partial charge >= 0.3 is 6.18 Å². The molecule has 0 fully saturated rings. The smallest absolute Gasteiger partial charge is 0.321 e. The highest BCUT2D eigenvalue weighted by Gasteiger charge is 2.34. The van der Waals surface area contributed by atoms with Crippen LogP contribution >= 0.6 is 11.8 Å². The van der Waals surface area contributed by atoms with Gasteiger partial charge in [-0.3, -0.25) is 4.79 Å². The molecule has 3 aromatic rings. The Morgan fingerprint density at radius 2 is 1.75 bits per heavy atom. The van der Waals surface area contributed by atoms with Crippen LogP contribution in [0.2, 0.25) is 0 Å². The van der Waals surface area contributed by atoms with E-state index in [4.69, 9.17) is 0 Å². The van der Waals surface area contributed by atoms with Crippen LogP contribution in [0.5, 0.6) is 0 Å². The maximum Gasteiger partial charge on any atom is 0.418 e. The molecule has 28 heavy (non-hydrogen) atoms. The van der Waals surface area contributed by atoms with Crippen molar-refractivity contribution in [2.45, 2.75) is 16.8 Å². The van der Waals surface area contributed by atoms with Crippen molar-refractivity contribution in [2.24, 2.45) is 0 Å². The molecule has 2 aromatic carbocycles. The lowest BCUT2D eigenvalue weighted by Crippen LogP contribution is -2.12. The minimum Gasteiger partial charge on any atom is -0.321 e. The van der Waals surface area contributed by atoms with Crippen LogP contribution in [0.1, 0.15) is 16.1 Å². The molecule has 0 radical (unpaired) electrons. The molecule has 146 valence electrons. The van der Waals surface area contributed by atoms with Gasteiger partial charge in [0.25, 0.3) is 11.7 Å². The molecule has 0 unspecified atom stereocenters. The summed E-state index contributed by atoms with van der Waals surface area (Å²) in [5, 5.41) is 9.66. The van der Waals surface area contributed by atoms with Gasteiger partial charge < -0.3 is 5.32 Å². The van der Waals surface area contributed by atoms with Gasteiger partial charge in [-0.15, -0.1) is 5.10 Å². The number of anilines is 1. The predicted octanol–water partition coefficient (Wildman–Crippen LogP) is 4.85. The summed E-state index contributed by atoms with van der Waals surface area (Å²) in [7, 11) is 0. The van der Waals surface area contributed by atoms with E-state index in [0.29, 0.717) is 22.3 Å². The van der Waals surface area contributed by atoms with Crippen molar-refractivity contribution in [3.8, 4) is 5.69 Å². The lowest BCUT2D eigenvalue weighted by Gasteiger charge is -2.11. The number of alkyl halides is 5. The van der Waals surface area contributed by atoms with Crippen LogP contribution in [0.15, 0.2) is 59.6 Å². The Kier molecular flexibility index (Phi) is 5.63. The molecule has 1 N–H and O–H groups in total. The second kappa shape index (κ2) is 7.97. The lowest BCUT2D eigenvalue weighted by molar-refractivity contribution is -0.137. The van der Waals surface area contributed by atoms with Crippen LogP contribution in [-0.2, 0) is 6.18 Å². The number of rotatable bonds is 5. The Balaban J connectivity index is 1.77. The highest BCUT2D eigenvalue weighted by molar-refractivity contribution is 7.99. The highest BCUT2D eigenvalue weighted by Crippen LogP contribution is 2.33. The third kappa shape index (κ3) is 4.66. The minimum atomic E-state index is -4.59. The van der Waals surface area contributed by atoms with Crippen LogP contribution in [0.3, 0.4) is 0 Å². The van der Waals surface area contributed by atoms with Crippen LogP contribution in [-0.4, -0.2) is 26.7 Å². The van der Waals surface area contributed by atoms with Crippen LogP contribution in [0, 0.1) is 0 Å². The maximum atomic E-state index is 13.1. The molecule has 0 saturated heterocycles. The predicted molar refractivity (Wildman–Crippen MR) is 92.6 cm³/mol. The number of hydrogen-bond acceptors (Lipinski definition) is 4. The number of amides is 1. The Morgan fingerprint density at radius 1 is 1.07 bits per heavy atom. The molecule has 11 heteroatoms. The largest absolute Gasteiger partial charge is 0.418 e. The average Bonchev–Trinajstić information content (AvgIpc) is 3.12. The number of nitrogens with zero attached hydrogens (tertiary/aromatic N) is 3. The molecule has 0 aliphatic rings. The van der Waals surface area contributed by atoms with Gasteiger partial charge in [-0.2, -0.15) is 22.0 Å². The molecule has 0 atom stereocenters. The number of halogens is 5. The van der Waals surface area contributed by atoms with Crippen molar-refractivity contribution in [3.63, 3.8) is 0 Å². The Hall–Kier alpha value is -2.95. The van der Waals surface area contributed by atoms with E-state index in [9.17, 15) is 26.7 Å². The van der Waals surface area contributed by atoms with E-state index in [1.54, 1.807) is 0 Å². The highest BCUT2D eigenvalue weighted by atomic mass is 32.2. The van der Waals surface area contributed by atoms with Crippen molar-refractivity contribution in [1.29, 1.82) is 0 Å². The van der Waals surface area contributed by atoms with E-state index in [-0.39, 0.29) is 11.4 Å². The van der Waals surface area contributed by atoms with Gasteiger partial charge in [0.1, 0.15) is 0 Å². The number of hydrogen-bond donors (Lipinski definition) is 1. The molecule has 0 saturated carbocycles. The van der Waals surface area contributed by atoms with E-state index in [1.807, 2.05) is 0 Å². The lowest BCUT2D eigenvalue weighted by atomic mass is 10.1. The Morgan fingerprint density at radius 3 is 2.39 bits per heavy atom. The van der Waals surface area contributed by atoms with Gasteiger partial charge in [0.05, 0.1) is 17.4 Å². The van der Waals surface area contributed by atoms with E-state index >= 15 is 0 Å². The fourth-order valence-electron chi connectivity index (χ4n) is 2.31. The second-order valence-electron chi connectivity index (χ2n) is 5.42. The summed E-state index contributed by atoms with van der Waals surface area (Å²) in [6.07, 6.45) is -3.52. The van der Waals surface area contributed by atoms with Gasteiger partial charge in [0.2, 0.25) is 0 Å². The van der Waals surface area contributed by atoms with E-state index in [1.165, 1.54) is 42.5 Å². The van der Waals surface area contributed by atoms with Crippen molar-refractivity contribution in [2.75, 3.05) is 5.32 Å². The normalized spacial score (nSPS) is 11.6. The van der Waals surface area contributed by atoms with Gasteiger partial charge in [0, 0.05) is 10.6 Å². The zero-order chi connectivity index (χ0) is 20.3. The fraction of sp³-hybridized carbons (Fsp3) is 0.118. The molecule has 0 bridgehead atoms. The third-order valence-electron chi connectivity index (χ3n) is 3.52. The van der Waals surface area contributed by atoms with Gasteiger partial charge in [-0.1, -0.05) is 29.1 Å². The number of thioether (sulfide) groups is 1. The number of nitrogens with one attached hydrogen (secondary N) is 1. The summed E-state index contributed by atoms with van der Waals surface area (Å²) < 4.78 is 64.8. The standard InChI is InChI=1S/C17H11F5N4OS/c18-16(19)28-11-7-5-10(6-8-11)23-15(27)13-9-26(25-24-13)14-4-2-1-3-12(14)17(20,21)22/h1-9,16H,(H,23,27). The van der Waals surface area contributed by atoms with Crippen molar-refractivity contribution >= 4 is 23.4 Å². The number of carbonyl (C=O) groups excluding carboxylic acids is 1. The first-order valence-corrected chi connectivity index (χ1v) is 8.57. The first-order valence-electron chi connectivity index (χ1n) is 7.69. The quantitative estimate of drug-likeness (QED) is 0.479. The summed E-state index contributed by atoms with van der Waals surface area (Å²) in [5.74, 6) is -3.26. The number of benzene rings is 2. The summed E-state index contributed by atoms with van der Waals surface area (Å²) >= 11 is 0.363. The molecule has 3 rings (SSSR count). The molecule has 0 aliphatic carbocycles. The van der Waals surface area contributed by atoms with Crippen LogP contribution in [0.25, 0.3) is 5.69 Å². The summed E-state index contributed by atoms with van der Waals surface area (Å²) in [4.78, 5) is 12.6. The fourth-order valence-corrected chi connectivity index (χ4v) is 2.81. The SMILES string of the molecule is O=C(Nc1ccc(SC(F)F)cc1)c1cn(-c2ccccc2C(F)(F)F)nn1. The van der Waals surface area contributed by atoms with Crippen molar-refractivity contribution in [3.05, 3.63) is 66.0 Å². The van der Waals surface area contributed by atoms with E-state index in [2.05, 4.69) is 15.6 Å². The second-order valence-corrected chi connectivity index (χ2v) is 6.48. The number of aromatic nitrogens is 3. The topological polar surface area (TPSA) is 59.8 Å². The monoisotopic (exact) mass is 414 g/mol. The molecule has 0 aliphatic heterocycles. The molecule has 1 heterocycles. The summed E-state index contributed by atoms with van der Waals surface area (Å²) in [6.45, 7) is 0. The summed E-state index contributed by atoms with van der Waals surface area (Å²) in [6, 6.07) is 10.4. The number of carbonyl (C=O) groups is 1. The van der Waals surface area contributed by atoms with E-state index < -0.39 is 23.4 Å². The van der Waals surface area contributed by atoms with Crippen LogP contribution in [0.4, 0.5) is 27.6 Å². The van der Waals surface area contributed by atoms with Crippen LogP contribution < -0.4 is 5.32 Å². The van der Waals surface area contributed by atoms with Crippen molar-refractivity contribution < 1.29 is 26.7 Å².